The Hall–Kier alpha value is -2.95. The van der Waals surface area contributed by atoms with Gasteiger partial charge < -0.3 is 24.8 Å². The number of amides is 1. The van der Waals surface area contributed by atoms with Crippen molar-refractivity contribution in [3.05, 3.63) is 58.5 Å². The Labute approximate surface area is 232 Å². The van der Waals surface area contributed by atoms with E-state index in [1.807, 2.05) is 0 Å². The molecule has 0 radical (unpaired) electrons. The van der Waals surface area contributed by atoms with Crippen molar-refractivity contribution >= 4 is 23.2 Å². The molecule has 1 amide bonds. The van der Waals surface area contributed by atoms with Crippen LogP contribution >= 0.6 is 11.6 Å². The van der Waals surface area contributed by atoms with Crippen molar-refractivity contribution in [2.75, 3.05) is 5.32 Å². The molecule has 2 saturated carbocycles. The van der Waals surface area contributed by atoms with Crippen LogP contribution in [-0.2, 0) is 19.7 Å². The third-order valence-electron chi connectivity index (χ3n) is 8.41. The second kappa shape index (κ2) is 9.91. The third kappa shape index (κ3) is 5.29. The summed E-state index contributed by atoms with van der Waals surface area (Å²) in [7, 11) is 3.57. The zero-order valence-corrected chi connectivity index (χ0v) is 23.5. The average molecular weight is 560 g/mol. The maximum Gasteiger partial charge on any atom is 0.274 e. The first kappa shape index (κ1) is 27.6. The van der Waals surface area contributed by atoms with Crippen LogP contribution in [0.3, 0.4) is 0 Å². The molecule has 210 valence electrons. The highest BCUT2D eigenvalue weighted by Crippen LogP contribution is 2.57. The van der Waals surface area contributed by atoms with E-state index in [4.69, 9.17) is 16.3 Å². The average Bonchev–Trinajstić information content (AvgIpc) is 3.57. The van der Waals surface area contributed by atoms with Gasteiger partial charge in [-0.3, -0.25) is 9.48 Å². The Morgan fingerprint density at radius 3 is 2.54 bits per heavy atom. The van der Waals surface area contributed by atoms with Crippen LogP contribution in [0.5, 0.6) is 5.88 Å². The van der Waals surface area contributed by atoms with Gasteiger partial charge in [0.15, 0.2) is 0 Å². The van der Waals surface area contributed by atoms with Crippen LogP contribution in [0.15, 0.2) is 30.6 Å². The molecule has 3 aromatic rings. The summed E-state index contributed by atoms with van der Waals surface area (Å²) in [5.41, 5.74) is 0.239. The van der Waals surface area contributed by atoms with Gasteiger partial charge in [0.05, 0.1) is 28.3 Å². The van der Waals surface area contributed by atoms with E-state index in [0.29, 0.717) is 35.8 Å². The van der Waals surface area contributed by atoms with E-state index in [2.05, 4.69) is 15.4 Å². The minimum atomic E-state index is -1.03. The quantitative estimate of drug-likeness (QED) is 0.392. The molecule has 5 rings (SSSR count). The van der Waals surface area contributed by atoms with Crippen LogP contribution in [-0.4, -0.2) is 47.2 Å². The van der Waals surface area contributed by atoms with Crippen molar-refractivity contribution in [2.45, 2.75) is 69.7 Å². The summed E-state index contributed by atoms with van der Waals surface area (Å²) in [6.45, 7) is 5.14. The zero-order chi connectivity index (χ0) is 28.3. The smallest absolute Gasteiger partial charge is 0.274 e. The summed E-state index contributed by atoms with van der Waals surface area (Å²) in [6, 6.07) is 5.83. The van der Waals surface area contributed by atoms with Crippen LogP contribution in [0, 0.1) is 17.7 Å². The highest BCUT2D eigenvalue weighted by molar-refractivity contribution is 6.31. The normalized spacial score (nSPS) is 25.5. The zero-order valence-electron chi connectivity index (χ0n) is 22.8. The van der Waals surface area contributed by atoms with Crippen LogP contribution < -0.4 is 10.1 Å². The second-order valence-electron chi connectivity index (χ2n) is 11.7. The number of aromatic nitrogens is 4. The fraction of sp³-hybridized carbons (Fsp3) is 0.536. The van der Waals surface area contributed by atoms with E-state index >= 15 is 0 Å². The Balaban J connectivity index is 1.28. The summed E-state index contributed by atoms with van der Waals surface area (Å²) in [5.74, 6) is 0.112. The topological polar surface area (TPSA) is 114 Å². The molecule has 9 nitrogen and oxygen atoms in total. The Kier molecular flexibility index (Phi) is 7.01. The molecule has 2 aliphatic carbocycles. The first-order chi connectivity index (χ1) is 18.2. The molecular weight excluding hydrogens is 525 g/mol. The van der Waals surface area contributed by atoms with E-state index in [0.717, 1.165) is 18.5 Å². The molecule has 3 N–H and O–H groups in total. The molecule has 0 spiro atoms. The van der Waals surface area contributed by atoms with Crippen LogP contribution in [0.2, 0.25) is 5.02 Å². The van der Waals surface area contributed by atoms with E-state index in [1.165, 1.54) is 18.2 Å². The summed E-state index contributed by atoms with van der Waals surface area (Å²) in [6.07, 6.45) is 3.95. The molecule has 2 aromatic heterocycles. The lowest BCUT2D eigenvalue weighted by Gasteiger charge is -2.25. The second-order valence-corrected chi connectivity index (χ2v) is 12.1. The predicted octanol–water partition coefficient (Wildman–Crippen LogP) is 4.53. The van der Waals surface area contributed by atoms with Crippen LogP contribution in [0.4, 0.5) is 10.1 Å². The van der Waals surface area contributed by atoms with Gasteiger partial charge in [-0.25, -0.2) is 9.37 Å². The van der Waals surface area contributed by atoms with Gasteiger partial charge in [0.25, 0.3) is 5.91 Å². The molecule has 0 bridgehead atoms. The van der Waals surface area contributed by atoms with Crippen molar-refractivity contribution < 1.29 is 24.1 Å². The fourth-order valence-electron chi connectivity index (χ4n) is 6.14. The molecule has 2 aliphatic rings. The minimum absolute atomic E-state index is 0.0620. The number of aryl methyl sites for hydroxylation is 2. The Bertz CT molecular complexity index is 1380. The fourth-order valence-corrected chi connectivity index (χ4v) is 6.32. The third-order valence-corrected chi connectivity index (χ3v) is 8.70. The number of fused-ring (bicyclic) bond motifs is 1. The number of hydrogen-bond donors (Lipinski definition) is 3. The predicted molar refractivity (Wildman–Crippen MR) is 144 cm³/mol. The molecule has 0 aliphatic heterocycles. The van der Waals surface area contributed by atoms with Gasteiger partial charge in [-0.05, 0) is 76.5 Å². The molecule has 3 atom stereocenters. The molecule has 39 heavy (non-hydrogen) atoms. The number of benzene rings is 1. The molecule has 3 unspecified atom stereocenters. The van der Waals surface area contributed by atoms with Gasteiger partial charge in [-0.15, -0.1) is 5.10 Å². The van der Waals surface area contributed by atoms with E-state index < -0.39 is 23.1 Å². The number of aliphatic hydroxyl groups is 2. The standard InChI is InChI=1S/C28H35ClFN5O4/c1-15(27(2,3)37)39-23-11-22(35(5)33-23)28(38)12-17-8-16(9-18(17)13-28)24-25(34(4)14-31-24)26(36)32-19-6-7-21(30)20(29)10-19/h6-7,10-11,14-18,37-38H,8-9,12-13H2,1-5H3,(H,32,36). The highest BCUT2D eigenvalue weighted by Gasteiger charge is 2.51. The summed E-state index contributed by atoms with van der Waals surface area (Å²) < 4.78 is 22.7. The van der Waals surface area contributed by atoms with Crippen molar-refractivity contribution in [1.29, 1.82) is 0 Å². The molecular formula is C28H35ClFN5O4. The van der Waals surface area contributed by atoms with E-state index in [9.17, 15) is 19.4 Å². The van der Waals surface area contributed by atoms with Crippen LogP contribution in [0.25, 0.3) is 0 Å². The Morgan fingerprint density at radius 1 is 1.26 bits per heavy atom. The molecule has 2 fully saturated rings. The minimum Gasteiger partial charge on any atom is -0.471 e. The maximum atomic E-state index is 13.5. The number of nitrogens with one attached hydrogen (secondary N) is 1. The van der Waals surface area contributed by atoms with Crippen molar-refractivity contribution in [3.63, 3.8) is 0 Å². The van der Waals surface area contributed by atoms with Crippen molar-refractivity contribution in [2.24, 2.45) is 25.9 Å². The number of imidazole rings is 1. The van der Waals surface area contributed by atoms with Crippen molar-refractivity contribution in [1.82, 2.24) is 19.3 Å². The number of halogens is 2. The molecule has 1 aromatic carbocycles. The number of carbonyl (C=O) groups is 1. The number of nitrogens with zero attached hydrogens (tertiary/aromatic N) is 4. The monoisotopic (exact) mass is 559 g/mol. The summed E-state index contributed by atoms with van der Waals surface area (Å²) >= 11 is 5.87. The number of carbonyl (C=O) groups excluding carboxylic acids is 1. The van der Waals surface area contributed by atoms with Gasteiger partial charge in [-0.1, -0.05) is 11.6 Å². The van der Waals surface area contributed by atoms with Crippen molar-refractivity contribution in [3.8, 4) is 5.88 Å². The van der Waals surface area contributed by atoms with Gasteiger partial charge in [-0.2, -0.15) is 0 Å². The number of anilines is 1. The maximum absolute atomic E-state index is 13.5. The van der Waals surface area contributed by atoms with Gasteiger partial charge >= 0.3 is 0 Å². The van der Waals surface area contributed by atoms with Gasteiger partial charge in [0.1, 0.15) is 23.2 Å². The van der Waals surface area contributed by atoms with Crippen LogP contribution in [0.1, 0.15) is 74.2 Å². The summed E-state index contributed by atoms with van der Waals surface area (Å²) in [4.78, 5) is 17.8. The Morgan fingerprint density at radius 2 is 1.92 bits per heavy atom. The number of hydrogen-bond acceptors (Lipinski definition) is 6. The highest BCUT2D eigenvalue weighted by atomic mass is 35.5. The number of ether oxygens (including phenoxy) is 1. The van der Waals surface area contributed by atoms with Gasteiger partial charge in [0, 0.05) is 31.8 Å². The summed E-state index contributed by atoms with van der Waals surface area (Å²) in [5, 5.41) is 29.1. The lowest BCUT2D eigenvalue weighted by atomic mass is 9.90. The number of rotatable bonds is 7. The first-order valence-corrected chi connectivity index (χ1v) is 13.6. The molecule has 2 heterocycles. The van der Waals surface area contributed by atoms with Gasteiger partial charge in [0.2, 0.25) is 5.88 Å². The van der Waals surface area contributed by atoms with E-state index in [1.54, 1.807) is 56.5 Å². The SMILES string of the molecule is CC(Oc1cc(C2(O)CC3CC(c4ncn(C)c4C(=O)Nc4ccc(F)c(Cl)c4)CC3C2)n(C)n1)C(C)(C)O. The largest absolute Gasteiger partial charge is 0.471 e. The molecule has 0 saturated heterocycles. The molecule has 11 heteroatoms. The van der Waals surface area contributed by atoms with E-state index in [-0.39, 0.29) is 28.7 Å². The first-order valence-electron chi connectivity index (χ1n) is 13.2. The lowest BCUT2D eigenvalue weighted by Crippen LogP contribution is -2.38. The lowest BCUT2D eigenvalue weighted by molar-refractivity contribution is -0.0262.